The minimum atomic E-state index is 0.711. The fourth-order valence-corrected chi connectivity index (χ4v) is 2.97. The van der Waals surface area contributed by atoms with Gasteiger partial charge < -0.3 is 10.1 Å². The lowest BCUT2D eigenvalue weighted by Crippen LogP contribution is -2.00. The van der Waals surface area contributed by atoms with Crippen LogP contribution in [-0.2, 0) is 6.54 Å². The van der Waals surface area contributed by atoms with E-state index in [2.05, 4.69) is 41.5 Å². The number of aryl methyl sites for hydroxylation is 1. The molecule has 3 nitrogen and oxygen atoms in total. The molecule has 0 aliphatic heterocycles. The van der Waals surface area contributed by atoms with Crippen molar-refractivity contribution in [1.82, 2.24) is 4.98 Å². The van der Waals surface area contributed by atoms with Gasteiger partial charge in [-0.05, 0) is 30.7 Å². The van der Waals surface area contributed by atoms with Crippen molar-refractivity contribution in [3.8, 4) is 5.75 Å². The van der Waals surface area contributed by atoms with Crippen LogP contribution in [0, 0.1) is 6.92 Å². The molecule has 1 aromatic heterocycles. The van der Waals surface area contributed by atoms with Crippen LogP contribution < -0.4 is 10.1 Å². The van der Waals surface area contributed by atoms with Gasteiger partial charge in [-0.2, -0.15) is 0 Å². The van der Waals surface area contributed by atoms with Crippen molar-refractivity contribution in [1.29, 1.82) is 0 Å². The second-order valence-corrected chi connectivity index (χ2v) is 5.69. The highest BCUT2D eigenvalue weighted by Gasteiger charge is 2.05. The van der Waals surface area contributed by atoms with E-state index in [-0.39, 0.29) is 0 Å². The molecule has 0 aliphatic carbocycles. The number of ether oxygens (including phenoxy) is 1. The molecule has 0 amide bonds. The Morgan fingerprint density at radius 3 is 2.90 bits per heavy atom. The van der Waals surface area contributed by atoms with Gasteiger partial charge in [0.2, 0.25) is 0 Å². The SMILES string of the molecule is COc1ccccc1CNc1nc2cc(C)ccc2s1. The number of hydrogen-bond acceptors (Lipinski definition) is 4. The molecule has 0 saturated carbocycles. The van der Waals surface area contributed by atoms with Gasteiger partial charge in [0.25, 0.3) is 0 Å². The first kappa shape index (κ1) is 12.9. The lowest BCUT2D eigenvalue weighted by Gasteiger charge is -2.08. The zero-order valence-electron chi connectivity index (χ0n) is 11.5. The Kier molecular flexibility index (Phi) is 3.56. The average Bonchev–Trinajstić information content (AvgIpc) is 2.87. The Bertz CT molecular complexity index is 736. The third kappa shape index (κ3) is 2.60. The van der Waals surface area contributed by atoms with E-state index in [0.717, 1.165) is 22.0 Å². The lowest BCUT2D eigenvalue weighted by atomic mass is 10.2. The average molecular weight is 284 g/mol. The zero-order chi connectivity index (χ0) is 13.9. The summed E-state index contributed by atoms with van der Waals surface area (Å²) in [7, 11) is 1.69. The molecule has 3 rings (SSSR count). The van der Waals surface area contributed by atoms with E-state index in [1.807, 2.05) is 18.2 Å². The predicted molar refractivity (Wildman–Crippen MR) is 84.7 cm³/mol. The molecule has 0 spiro atoms. The molecule has 0 atom stereocenters. The van der Waals surface area contributed by atoms with Gasteiger partial charge in [0, 0.05) is 12.1 Å². The van der Waals surface area contributed by atoms with Crippen LogP contribution in [-0.4, -0.2) is 12.1 Å². The smallest absolute Gasteiger partial charge is 0.184 e. The molecule has 2 aromatic carbocycles. The number of anilines is 1. The highest BCUT2D eigenvalue weighted by atomic mass is 32.1. The summed E-state index contributed by atoms with van der Waals surface area (Å²) >= 11 is 1.68. The van der Waals surface area contributed by atoms with Crippen molar-refractivity contribution < 1.29 is 4.74 Å². The van der Waals surface area contributed by atoms with Crippen molar-refractivity contribution in [2.45, 2.75) is 13.5 Å². The van der Waals surface area contributed by atoms with E-state index in [9.17, 15) is 0 Å². The molecule has 4 heteroatoms. The molecule has 3 aromatic rings. The van der Waals surface area contributed by atoms with Crippen LogP contribution in [0.5, 0.6) is 5.75 Å². The summed E-state index contributed by atoms with van der Waals surface area (Å²) in [6, 6.07) is 14.4. The van der Waals surface area contributed by atoms with E-state index in [4.69, 9.17) is 4.74 Å². The van der Waals surface area contributed by atoms with Crippen LogP contribution in [0.2, 0.25) is 0 Å². The first-order valence-corrected chi connectivity index (χ1v) is 7.31. The molecule has 0 bridgehead atoms. The second-order valence-electron chi connectivity index (χ2n) is 4.66. The van der Waals surface area contributed by atoms with Gasteiger partial charge in [0.1, 0.15) is 5.75 Å². The first-order chi connectivity index (χ1) is 9.76. The van der Waals surface area contributed by atoms with Crippen LogP contribution in [0.1, 0.15) is 11.1 Å². The highest BCUT2D eigenvalue weighted by Crippen LogP contribution is 2.27. The molecule has 20 heavy (non-hydrogen) atoms. The van der Waals surface area contributed by atoms with Crippen LogP contribution in [0.4, 0.5) is 5.13 Å². The summed E-state index contributed by atoms with van der Waals surface area (Å²) in [5.41, 5.74) is 3.42. The maximum absolute atomic E-state index is 5.35. The number of para-hydroxylation sites is 1. The topological polar surface area (TPSA) is 34.1 Å². The first-order valence-electron chi connectivity index (χ1n) is 6.49. The van der Waals surface area contributed by atoms with E-state index in [0.29, 0.717) is 6.54 Å². The maximum atomic E-state index is 5.35. The number of rotatable bonds is 4. The van der Waals surface area contributed by atoms with Crippen molar-refractivity contribution in [2.24, 2.45) is 0 Å². The van der Waals surface area contributed by atoms with Gasteiger partial charge in [-0.15, -0.1) is 0 Å². The van der Waals surface area contributed by atoms with E-state index in [1.165, 1.54) is 10.3 Å². The number of methoxy groups -OCH3 is 1. The minimum absolute atomic E-state index is 0.711. The van der Waals surface area contributed by atoms with Crippen LogP contribution in [0.15, 0.2) is 42.5 Å². The van der Waals surface area contributed by atoms with Gasteiger partial charge in [-0.3, -0.25) is 0 Å². The second kappa shape index (κ2) is 5.51. The van der Waals surface area contributed by atoms with Crippen LogP contribution >= 0.6 is 11.3 Å². The van der Waals surface area contributed by atoms with Gasteiger partial charge >= 0.3 is 0 Å². The Balaban J connectivity index is 1.79. The number of thiazole rings is 1. The van der Waals surface area contributed by atoms with Gasteiger partial charge in [-0.1, -0.05) is 35.6 Å². The van der Waals surface area contributed by atoms with E-state index < -0.39 is 0 Å². The summed E-state index contributed by atoms with van der Waals surface area (Å²) in [5.74, 6) is 0.900. The third-order valence-corrected chi connectivity index (χ3v) is 4.16. The normalized spacial score (nSPS) is 10.7. The number of aromatic nitrogens is 1. The van der Waals surface area contributed by atoms with Gasteiger partial charge in [-0.25, -0.2) is 4.98 Å². The number of benzene rings is 2. The summed E-state index contributed by atoms with van der Waals surface area (Å²) in [5, 5.41) is 4.31. The largest absolute Gasteiger partial charge is 0.496 e. The lowest BCUT2D eigenvalue weighted by molar-refractivity contribution is 0.410. The van der Waals surface area contributed by atoms with Crippen molar-refractivity contribution in [3.63, 3.8) is 0 Å². The number of fused-ring (bicyclic) bond motifs is 1. The van der Waals surface area contributed by atoms with Crippen molar-refractivity contribution in [2.75, 3.05) is 12.4 Å². The monoisotopic (exact) mass is 284 g/mol. The molecule has 0 aliphatic rings. The van der Waals surface area contributed by atoms with Crippen LogP contribution in [0.25, 0.3) is 10.2 Å². The molecule has 0 radical (unpaired) electrons. The van der Waals surface area contributed by atoms with Crippen molar-refractivity contribution >= 4 is 26.7 Å². The fraction of sp³-hybridized carbons (Fsp3) is 0.188. The number of hydrogen-bond donors (Lipinski definition) is 1. The Hall–Kier alpha value is -2.07. The standard InChI is InChI=1S/C16H16N2OS/c1-11-7-8-15-13(9-11)18-16(20-15)17-10-12-5-3-4-6-14(12)19-2/h3-9H,10H2,1-2H3,(H,17,18). The van der Waals surface area contributed by atoms with E-state index in [1.54, 1.807) is 18.4 Å². The van der Waals surface area contributed by atoms with Crippen molar-refractivity contribution in [3.05, 3.63) is 53.6 Å². The molecule has 1 heterocycles. The third-order valence-electron chi connectivity index (χ3n) is 3.17. The highest BCUT2D eigenvalue weighted by molar-refractivity contribution is 7.22. The van der Waals surface area contributed by atoms with Crippen LogP contribution in [0.3, 0.4) is 0 Å². The minimum Gasteiger partial charge on any atom is -0.496 e. The zero-order valence-corrected chi connectivity index (χ0v) is 12.3. The van der Waals surface area contributed by atoms with Gasteiger partial charge in [0.05, 0.1) is 17.3 Å². The Labute approximate surface area is 122 Å². The molecule has 0 unspecified atom stereocenters. The summed E-state index contributed by atoms with van der Waals surface area (Å²) in [6.07, 6.45) is 0. The molecular weight excluding hydrogens is 268 g/mol. The molecular formula is C16H16N2OS. The van der Waals surface area contributed by atoms with E-state index >= 15 is 0 Å². The summed E-state index contributed by atoms with van der Waals surface area (Å²) in [4.78, 5) is 4.61. The summed E-state index contributed by atoms with van der Waals surface area (Å²) in [6.45, 7) is 2.80. The molecule has 1 N–H and O–H groups in total. The predicted octanol–water partition coefficient (Wildman–Crippen LogP) is 4.23. The molecule has 0 fully saturated rings. The Morgan fingerprint density at radius 1 is 1.20 bits per heavy atom. The van der Waals surface area contributed by atoms with Gasteiger partial charge in [0.15, 0.2) is 5.13 Å². The maximum Gasteiger partial charge on any atom is 0.184 e. The molecule has 0 saturated heterocycles. The quantitative estimate of drug-likeness (QED) is 0.778. The summed E-state index contributed by atoms with van der Waals surface area (Å²) < 4.78 is 6.56. The Morgan fingerprint density at radius 2 is 2.05 bits per heavy atom. The number of nitrogens with one attached hydrogen (secondary N) is 1. The fourth-order valence-electron chi connectivity index (χ4n) is 2.13. The number of nitrogens with zero attached hydrogens (tertiary/aromatic N) is 1. The molecule has 102 valence electrons.